The maximum Gasteiger partial charge on any atom is 0.280 e. The molecular weight excluding hydrogens is 290 g/mol. The average molecular weight is 305 g/mol. The second-order valence-electron chi connectivity index (χ2n) is 5.61. The lowest BCUT2D eigenvalue weighted by Crippen LogP contribution is -2.29. The predicted molar refractivity (Wildman–Crippen MR) is 86.3 cm³/mol. The number of anilines is 1. The number of aryl methyl sites for hydroxylation is 1. The van der Waals surface area contributed by atoms with Crippen molar-refractivity contribution in [2.75, 3.05) is 11.4 Å². The summed E-state index contributed by atoms with van der Waals surface area (Å²) in [6.45, 7) is 2.45. The van der Waals surface area contributed by atoms with E-state index in [1.165, 1.54) is 5.56 Å². The molecule has 0 saturated carbocycles. The van der Waals surface area contributed by atoms with Crippen LogP contribution in [0.2, 0.25) is 0 Å². The van der Waals surface area contributed by atoms with Crippen molar-refractivity contribution < 1.29 is 9.32 Å². The number of rotatable bonds is 2. The molecule has 23 heavy (non-hydrogen) atoms. The molecule has 0 unspecified atom stereocenters. The van der Waals surface area contributed by atoms with Gasteiger partial charge in [-0.25, -0.2) is 0 Å². The van der Waals surface area contributed by atoms with Crippen LogP contribution in [-0.2, 0) is 6.42 Å². The Bertz CT molecular complexity index is 871. The number of carbonyl (C=O) groups excluding carboxylic acids is 1. The van der Waals surface area contributed by atoms with Crippen molar-refractivity contribution in [1.29, 1.82) is 0 Å². The molecule has 114 valence electrons. The topological polar surface area (TPSA) is 59.2 Å². The average Bonchev–Trinajstić information content (AvgIpc) is 3.20. The summed E-state index contributed by atoms with van der Waals surface area (Å²) in [5.74, 6) is 0.526. The lowest BCUT2D eigenvalue weighted by molar-refractivity contribution is 0.0980. The summed E-state index contributed by atoms with van der Waals surface area (Å²) in [7, 11) is 0. The molecule has 0 radical (unpaired) electrons. The third-order valence-electron chi connectivity index (χ3n) is 4.08. The second kappa shape index (κ2) is 5.35. The number of carbonyl (C=O) groups is 1. The van der Waals surface area contributed by atoms with Gasteiger partial charge in [-0.3, -0.25) is 9.78 Å². The molecule has 3 heterocycles. The van der Waals surface area contributed by atoms with Gasteiger partial charge in [-0.1, -0.05) is 11.2 Å². The van der Waals surface area contributed by atoms with E-state index in [2.05, 4.69) is 16.2 Å². The number of fused-ring (bicyclic) bond motifs is 1. The maximum atomic E-state index is 12.6. The minimum absolute atomic E-state index is 0.114. The van der Waals surface area contributed by atoms with Gasteiger partial charge in [-0.15, -0.1) is 0 Å². The summed E-state index contributed by atoms with van der Waals surface area (Å²) in [6, 6.07) is 11.8. The van der Waals surface area contributed by atoms with Crippen molar-refractivity contribution in [2.45, 2.75) is 13.3 Å². The van der Waals surface area contributed by atoms with Crippen LogP contribution in [0.1, 0.15) is 21.8 Å². The van der Waals surface area contributed by atoms with Crippen molar-refractivity contribution in [3.05, 3.63) is 65.8 Å². The number of hydrogen-bond acceptors (Lipinski definition) is 4. The molecule has 0 spiro atoms. The highest BCUT2D eigenvalue weighted by molar-refractivity contribution is 6.06. The molecule has 0 atom stereocenters. The van der Waals surface area contributed by atoms with E-state index in [1.807, 2.05) is 24.3 Å². The highest BCUT2D eigenvalue weighted by atomic mass is 16.5. The minimum atomic E-state index is -0.114. The number of aromatic nitrogens is 2. The van der Waals surface area contributed by atoms with Gasteiger partial charge in [0.25, 0.3) is 5.91 Å². The van der Waals surface area contributed by atoms with Crippen molar-refractivity contribution in [1.82, 2.24) is 10.1 Å². The van der Waals surface area contributed by atoms with Crippen LogP contribution in [0.4, 0.5) is 5.69 Å². The van der Waals surface area contributed by atoms with E-state index in [1.54, 1.807) is 30.3 Å². The number of benzene rings is 1. The number of hydrogen-bond donors (Lipinski definition) is 0. The van der Waals surface area contributed by atoms with E-state index < -0.39 is 0 Å². The molecular formula is C18H15N3O2. The zero-order chi connectivity index (χ0) is 15.8. The first kappa shape index (κ1) is 13.7. The molecule has 2 aromatic heterocycles. The summed E-state index contributed by atoms with van der Waals surface area (Å²) in [5.41, 5.74) is 4.74. The molecule has 1 aliphatic rings. The van der Waals surface area contributed by atoms with Crippen LogP contribution in [0.15, 0.2) is 53.3 Å². The van der Waals surface area contributed by atoms with E-state index in [9.17, 15) is 4.79 Å². The predicted octanol–water partition coefficient (Wildman–Crippen LogP) is 3.25. The normalized spacial score (nSPS) is 13.2. The van der Waals surface area contributed by atoms with Gasteiger partial charge in [0.05, 0.1) is 0 Å². The molecule has 4 rings (SSSR count). The van der Waals surface area contributed by atoms with Crippen LogP contribution in [-0.4, -0.2) is 22.6 Å². The molecule has 5 heteroatoms. The summed E-state index contributed by atoms with van der Waals surface area (Å²) >= 11 is 0. The number of nitrogens with zero attached hydrogens (tertiary/aromatic N) is 3. The van der Waals surface area contributed by atoms with Gasteiger partial charge in [0.1, 0.15) is 5.76 Å². The Morgan fingerprint density at radius 1 is 1.13 bits per heavy atom. The van der Waals surface area contributed by atoms with Crippen molar-refractivity contribution in [3.63, 3.8) is 0 Å². The fourth-order valence-corrected chi connectivity index (χ4v) is 2.94. The Hall–Kier alpha value is -2.95. The van der Waals surface area contributed by atoms with E-state index in [-0.39, 0.29) is 5.91 Å². The van der Waals surface area contributed by atoms with Crippen LogP contribution in [0.3, 0.4) is 0 Å². The van der Waals surface area contributed by atoms with Gasteiger partial charge < -0.3 is 9.42 Å². The summed E-state index contributed by atoms with van der Waals surface area (Å²) in [5, 5.41) is 3.83. The molecule has 3 aromatic rings. The first-order valence-corrected chi connectivity index (χ1v) is 7.51. The van der Waals surface area contributed by atoms with Crippen LogP contribution >= 0.6 is 0 Å². The van der Waals surface area contributed by atoms with Gasteiger partial charge in [0, 0.05) is 30.7 Å². The molecule has 1 aliphatic heterocycles. The molecule has 5 nitrogen and oxygen atoms in total. The Kier molecular flexibility index (Phi) is 3.19. The third-order valence-corrected chi connectivity index (χ3v) is 4.08. The van der Waals surface area contributed by atoms with Crippen molar-refractivity contribution in [3.8, 4) is 11.1 Å². The van der Waals surface area contributed by atoms with Crippen LogP contribution in [0.25, 0.3) is 11.1 Å². The Labute approximate surface area is 133 Å². The zero-order valence-corrected chi connectivity index (χ0v) is 12.7. The first-order valence-electron chi connectivity index (χ1n) is 7.51. The molecule has 0 bridgehead atoms. The first-order chi connectivity index (χ1) is 11.2. The Morgan fingerprint density at radius 2 is 1.96 bits per heavy atom. The van der Waals surface area contributed by atoms with E-state index >= 15 is 0 Å². The molecule has 0 aliphatic carbocycles. The summed E-state index contributed by atoms with van der Waals surface area (Å²) in [4.78, 5) is 18.4. The van der Waals surface area contributed by atoms with Crippen LogP contribution in [0, 0.1) is 6.92 Å². The van der Waals surface area contributed by atoms with E-state index in [4.69, 9.17) is 4.52 Å². The van der Waals surface area contributed by atoms with Gasteiger partial charge in [-0.05, 0) is 54.3 Å². The lowest BCUT2D eigenvalue weighted by Gasteiger charge is -2.16. The lowest BCUT2D eigenvalue weighted by atomic mass is 10.0. The monoisotopic (exact) mass is 305 g/mol. The third kappa shape index (κ3) is 2.40. The van der Waals surface area contributed by atoms with Gasteiger partial charge in [-0.2, -0.15) is 0 Å². The Balaban J connectivity index is 1.66. The SMILES string of the molecule is Cc1cc(C(=O)N2CCc3cc(-c4ccncc4)ccc32)no1. The standard InChI is InChI=1S/C18H15N3O2/c1-12-10-16(20-23-12)18(22)21-9-6-15-11-14(2-3-17(15)21)13-4-7-19-8-5-13/h2-5,7-8,10-11H,6,9H2,1H3. The molecule has 0 saturated heterocycles. The quantitative estimate of drug-likeness (QED) is 0.729. The van der Waals surface area contributed by atoms with Gasteiger partial charge >= 0.3 is 0 Å². The summed E-state index contributed by atoms with van der Waals surface area (Å²) in [6.07, 6.45) is 4.41. The zero-order valence-electron chi connectivity index (χ0n) is 12.7. The second-order valence-corrected chi connectivity index (χ2v) is 5.61. The number of amides is 1. The van der Waals surface area contributed by atoms with Gasteiger partial charge in [0.2, 0.25) is 0 Å². The number of pyridine rings is 1. The molecule has 1 amide bonds. The van der Waals surface area contributed by atoms with Crippen molar-refractivity contribution in [2.24, 2.45) is 0 Å². The minimum Gasteiger partial charge on any atom is -0.361 e. The highest BCUT2D eigenvalue weighted by Gasteiger charge is 2.27. The maximum absolute atomic E-state index is 12.6. The summed E-state index contributed by atoms with van der Waals surface area (Å²) < 4.78 is 5.01. The fourth-order valence-electron chi connectivity index (χ4n) is 2.94. The van der Waals surface area contributed by atoms with E-state index in [0.717, 1.165) is 23.2 Å². The van der Waals surface area contributed by atoms with E-state index in [0.29, 0.717) is 18.0 Å². The van der Waals surface area contributed by atoms with Gasteiger partial charge in [0.15, 0.2) is 5.69 Å². The molecule has 1 aromatic carbocycles. The smallest absolute Gasteiger partial charge is 0.280 e. The molecule has 0 fully saturated rings. The molecule has 0 N–H and O–H groups in total. The highest BCUT2D eigenvalue weighted by Crippen LogP contribution is 2.33. The van der Waals surface area contributed by atoms with Crippen LogP contribution < -0.4 is 4.90 Å². The van der Waals surface area contributed by atoms with Crippen molar-refractivity contribution >= 4 is 11.6 Å². The Morgan fingerprint density at radius 3 is 2.70 bits per heavy atom. The largest absolute Gasteiger partial charge is 0.361 e. The fraction of sp³-hybridized carbons (Fsp3) is 0.167. The van der Waals surface area contributed by atoms with Crippen LogP contribution in [0.5, 0.6) is 0 Å².